The monoisotopic (exact) mass is 610 g/mol. The number of carbonyl (C=O) groups excluding carboxylic acids is 3. The molecule has 236 valence electrons. The molecule has 44 heavy (non-hydrogen) atoms. The standard InChI is InChI=1S/C32H40F2N6O4/c1-6-40(7-2)16-10-13-25(38-30(42)36-24-18-22(33)17-23(34)19-24)21-14-15-28(35-20-21)29(41)37-26-11-8-9-12-27(26)39-31(43)44-32(3,4)5/h8-9,11-12,14-15,17-20,25H,6-7,10,13,16H2,1-5H3,(H,37,41)(H,39,43)(H2,36,38,42). The normalized spacial score (nSPS) is 11.9. The number of anilines is 3. The molecule has 0 saturated heterocycles. The Morgan fingerprint density at radius 3 is 2.11 bits per heavy atom. The number of amides is 4. The molecule has 0 spiro atoms. The number of pyridine rings is 1. The molecule has 0 fully saturated rings. The van der Waals surface area contributed by atoms with Crippen molar-refractivity contribution in [2.24, 2.45) is 0 Å². The number of rotatable bonds is 12. The SMILES string of the molecule is CCN(CC)CCCC(NC(=O)Nc1cc(F)cc(F)c1)c1ccc(C(=O)Nc2ccccc2NC(=O)OC(C)(C)C)nc1. The second-order valence-electron chi connectivity index (χ2n) is 11.1. The first kappa shape index (κ1) is 33.9. The summed E-state index contributed by atoms with van der Waals surface area (Å²) in [6, 6.07) is 11.6. The van der Waals surface area contributed by atoms with Gasteiger partial charge in [0.2, 0.25) is 0 Å². The average molecular weight is 611 g/mol. The fraction of sp³-hybridized carbons (Fsp3) is 0.375. The molecular weight excluding hydrogens is 570 g/mol. The number of nitrogens with one attached hydrogen (secondary N) is 4. The van der Waals surface area contributed by atoms with E-state index in [9.17, 15) is 23.2 Å². The number of para-hydroxylation sites is 2. The predicted molar refractivity (Wildman–Crippen MR) is 167 cm³/mol. The van der Waals surface area contributed by atoms with Crippen LogP contribution in [0.5, 0.6) is 0 Å². The Bertz CT molecular complexity index is 1400. The minimum absolute atomic E-state index is 0.0199. The van der Waals surface area contributed by atoms with Gasteiger partial charge in [0.05, 0.1) is 17.4 Å². The molecule has 12 heteroatoms. The lowest BCUT2D eigenvalue weighted by molar-refractivity contribution is 0.0635. The summed E-state index contributed by atoms with van der Waals surface area (Å²) in [5, 5.41) is 10.7. The lowest BCUT2D eigenvalue weighted by Gasteiger charge is -2.22. The fourth-order valence-electron chi connectivity index (χ4n) is 4.38. The van der Waals surface area contributed by atoms with Crippen LogP contribution in [0.2, 0.25) is 0 Å². The Labute approximate surface area is 256 Å². The van der Waals surface area contributed by atoms with Crippen LogP contribution in [0.1, 0.15) is 69.6 Å². The Balaban J connectivity index is 1.73. The van der Waals surface area contributed by atoms with Crippen LogP contribution in [0.3, 0.4) is 0 Å². The van der Waals surface area contributed by atoms with E-state index < -0.39 is 41.3 Å². The molecule has 10 nitrogen and oxygen atoms in total. The van der Waals surface area contributed by atoms with Gasteiger partial charge in [-0.05, 0) is 89.1 Å². The minimum Gasteiger partial charge on any atom is -0.444 e. The molecule has 1 unspecified atom stereocenters. The number of nitrogens with zero attached hydrogens (tertiary/aromatic N) is 2. The van der Waals surface area contributed by atoms with Crippen molar-refractivity contribution in [2.45, 2.75) is 59.1 Å². The molecule has 4 amide bonds. The van der Waals surface area contributed by atoms with Gasteiger partial charge in [0.1, 0.15) is 22.9 Å². The van der Waals surface area contributed by atoms with E-state index in [0.29, 0.717) is 23.4 Å². The Kier molecular flexibility index (Phi) is 12.2. The first-order valence-corrected chi connectivity index (χ1v) is 14.5. The van der Waals surface area contributed by atoms with Crippen molar-refractivity contribution < 1.29 is 27.9 Å². The second-order valence-corrected chi connectivity index (χ2v) is 11.1. The number of benzene rings is 2. The van der Waals surface area contributed by atoms with Crippen molar-refractivity contribution in [1.82, 2.24) is 15.2 Å². The first-order chi connectivity index (χ1) is 20.9. The van der Waals surface area contributed by atoms with Gasteiger partial charge in [-0.25, -0.2) is 18.4 Å². The number of carbonyl (C=O) groups is 3. The summed E-state index contributed by atoms with van der Waals surface area (Å²) in [5.41, 5.74) is 0.762. The molecule has 1 atom stereocenters. The zero-order valence-electron chi connectivity index (χ0n) is 25.7. The minimum atomic E-state index is -0.808. The highest BCUT2D eigenvalue weighted by molar-refractivity contribution is 6.05. The summed E-state index contributed by atoms with van der Waals surface area (Å²) in [5.74, 6) is -2.12. The van der Waals surface area contributed by atoms with Gasteiger partial charge in [-0.3, -0.25) is 15.1 Å². The van der Waals surface area contributed by atoms with E-state index in [2.05, 4.69) is 45.0 Å². The number of halogens is 2. The summed E-state index contributed by atoms with van der Waals surface area (Å²) in [6.07, 6.45) is 2.15. The largest absolute Gasteiger partial charge is 0.444 e. The third kappa shape index (κ3) is 10.9. The summed E-state index contributed by atoms with van der Waals surface area (Å²) in [4.78, 5) is 44.7. The number of ether oxygens (including phenoxy) is 1. The number of hydrogen-bond acceptors (Lipinski definition) is 6. The van der Waals surface area contributed by atoms with E-state index in [1.54, 1.807) is 51.1 Å². The molecule has 0 radical (unpaired) electrons. The van der Waals surface area contributed by atoms with Gasteiger partial charge in [0.15, 0.2) is 0 Å². The highest BCUT2D eigenvalue weighted by Crippen LogP contribution is 2.24. The first-order valence-electron chi connectivity index (χ1n) is 14.5. The molecule has 3 rings (SSSR count). The molecule has 1 heterocycles. The van der Waals surface area contributed by atoms with Crippen LogP contribution in [-0.4, -0.2) is 53.2 Å². The average Bonchev–Trinajstić information content (AvgIpc) is 2.94. The lowest BCUT2D eigenvalue weighted by Crippen LogP contribution is -2.33. The van der Waals surface area contributed by atoms with Gasteiger partial charge in [0.25, 0.3) is 5.91 Å². The Morgan fingerprint density at radius 2 is 1.55 bits per heavy atom. The van der Waals surface area contributed by atoms with Crippen LogP contribution in [0.4, 0.5) is 35.4 Å². The number of urea groups is 1. The van der Waals surface area contributed by atoms with Crippen LogP contribution in [-0.2, 0) is 4.74 Å². The Morgan fingerprint density at radius 1 is 0.909 bits per heavy atom. The maximum absolute atomic E-state index is 13.6. The molecule has 2 aromatic carbocycles. The van der Waals surface area contributed by atoms with Crippen molar-refractivity contribution in [2.75, 3.05) is 35.6 Å². The van der Waals surface area contributed by atoms with Gasteiger partial charge in [0, 0.05) is 18.0 Å². The van der Waals surface area contributed by atoms with E-state index in [4.69, 9.17) is 4.74 Å². The van der Waals surface area contributed by atoms with Crippen LogP contribution in [0.25, 0.3) is 0 Å². The van der Waals surface area contributed by atoms with E-state index in [1.165, 1.54) is 12.3 Å². The molecule has 0 bridgehead atoms. The molecule has 0 aliphatic carbocycles. The van der Waals surface area contributed by atoms with E-state index in [0.717, 1.165) is 44.3 Å². The zero-order chi connectivity index (χ0) is 32.3. The van der Waals surface area contributed by atoms with Gasteiger partial charge in [-0.2, -0.15) is 0 Å². The quantitative estimate of drug-likeness (QED) is 0.176. The van der Waals surface area contributed by atoms with Gasteiger partial charge in [-0.15, -0.1) is 0 Å². The molecule has 0 aliphatic heterocycles. The summed E-state index contributed by atoms with van der Waals surface area (Å²) in [7, 11) is 0. The number of hydrogen-bond donors (Lipinski definition) is 4. The topological polar surface area (TPSA) is 125 Å². The molecule has 3 aromatic rings. The third-order valence-electron chi connectivity index (χ3n) is 6.52. The van der Waals surface area contributed by atoms with Crippen molar-refractivity contribution >= 4 is 35.1 Å². The maximum atomic E-state index is 13.6. The summed E-state index contributed by atoms with van der Waals surface area (Å²) >= 11 is 0. The van der Waals surface area contributed by atoms with Crippen LogP contribution < -0.4 is 21.3 Å². The smallest absolute Gasteiger partial charge is 0.412 e. The number of aromatic nitrogens is 1. The second kappa shape index (κ2) is 15.8. The molecule has 4 N–H and O–H groups in total. The van der Waals surface area contributed by atoms with Gasteiger partial charge >= 0.3 is 12.1 Å². The van der Waals surface area contributed by atoms with Crippen LogP contribution >= 0.6 is 0 Å². The molecule has 0 saturated carbocycles. The van der Waals surface area contributed by atoms with E-state index in [1.807, 2.05) is 0 Å². The van der Waals surface area contributed by atoms with Gasteiger partial charge in [-0.1, -0.05) is 32.0 Å². The van der Waals surface area contributed by atoms with Crippen LogP contribution in [0.15, 0.2) is 60.8 Å². The van der Waals surface area contributed by atoms with E-state index >= 15 is 0 Å². The van der Waals surface area contributed by atoms with Crippen LogP contribution in [0, 0.1) is 11.6 Å². The highest BCUT2D eigenvalue weighted by Gasteiger charge is 2.20. The van der Waals surface area contributed by atoms with Gasteiger partial charge < -0.3 is 25.6 Å². The fourth-order valence-corrected chi connectivity index (χ4v) is 4.38. The summed E-state index contributed by atoms with van der Waals surface area (Å²) < 4.78 is 32.5. The molecular formula is C32H40F2N6O4. The van der Waals surface area contributed by atoms with Crippen molar-refractivity contribution in [3.63, 3.8) is 0 Å². The third-order valence-corrected chi connectivity index (χ3v) is 6.52. The van der Waals surface area contributed by atoms with E-state index in [-0.39, 0.29) is 11.4 Å². The van der Waals surface area contributed by atoms with Crippen molar-refractivity contribution in [1.29, 1.82) is 0 Å². The lowest BCUT2D eigenvalue weighted by atomic mass is 10.0. The van der Waals surface area contributed by atoms with Crippen molar-refractivity contribution in [3.8, 4) is 0 Å². The summed E-state index contributed by atoms with van der Waals surface area (Å²) in [6.45, 7) is 12.0. The Hall–Kier alpha value is -4.58. The predicted octanol–water partition coefficient (Wildman–Crippen LogP) is 6.94. The van der Waals surface area contributed by atoms with Crippen molar-refractivity contribution in [3.05, 3.63) is 83.7 Å². The highest BCUT2D eigenvalue weighted by atomic mass is 19.1. The maximum Gasteiger partial charge on any atom is 0.412 e. The molecule has 1 aromatic heterocycles. The zero-order valence-corrected chi connectivity index (χ0v) is 25.7. The molecule has 0 aliphatic rings.